The fourth-order valence-electron chi connectivity index (χ4n) is 3.08. The molecule has 128 valence electrons. The van der Waals surface area contributed by atoms with E-state index in [4.69, 9.17) is 14.2 Å². The fourth-order valence-corrected chi connectivity index (χ4v) is 3.08. The molecule has 1 amide bonds. The number of rotatable bonds is 4. The number of hydrogen-bond acceptors (Lipinski definition) is 4. The molecule has 1 aliphatic heterocycles. The second-order valence-electron chi connectivity index (χ2n) is 7.44. The smallest absolute Gasteiger partial charge is 0.410 e. The second-order valence-corrected chi connectivity index (χ2v) is 7.44. The van der Waals surface area contributed by atoms with Gasteiger partial charge in [-0.3, -0.25) is 4.90 Å². The van der Waals surface area contributed by atoms with E-state index in [1.165, 1.54) is 32.1 Å². The number of carbonyl (C=O) groups excluding carboxylic acids is 1. The van der Waals surface area contributed by atoms with E-state index in [1.807, 2.05) is 20.8 Å². The van der Waals surface area contributed by atoms with Crippen LogP contribution in [0.4, 0.5) is 4.79 Å². The van der Waals surface area contributed by atoms with Crippen molar-refractivity contribution in [1.82, 2.24) is 4.90 Å². The minimum atomic E-state index is -0.469. The van der Waals surface area contributed by atoms with Crippen molar-refractivity contribution >= 4 is 6.09 Å². The predicted octanol–water partition coefficient (Wildman–Crippen LogP) is 3.22. The first-order valence-corrected chi connectivity index (χ1v) is 8.61. The highest BCUT2D eigenvalue weighted by Crippen LogP contribution is 2.24. The Balaban J connectivity index is 1.77. The van der Waals surface area contributed by atoms with E-state index in [0.29, 0.717) is 32.3 Å². The van der Waals surface area contributed by atoms with Crippen LogP contribution in [0.3, 0.4) is 0 Å². The largest absolute Gasteiger partial charge is 0.444 e. The maximum Gasteiger partial charge on any atom is 0.410 e. The lowest BCUT2D eigenvalue weighted by Gasteiger charge is -2.36. The van der Waals surface area contributed by atoms with Gasteiger partial charge in [-0.05, 0) is 39.5 Å². The molecule has 5 heteroatoms. The summed E-state index contributed by atoms with van der Waals surface area (Å²) in [5.41, 5.74) is -0.469. The van der Waals surface area contributed by atoms with Crippen LogP contribution in [0.2, 0.25) is 0 Å². The van der Waals surface area contributed by atoms with E-state index in [1.54, 1.807) is 4.90 Å². The first-order valence-electron chi connectivity index (χ1n) is 8.61. The highest BCUT2D eigenvalue weighted by atomic mass is 16.6. The van der Waals surface area contributed by atoms with Gasteiger partial charge >= 0.3 is 6.09 Å². The Morgan fingerprint density at radius 3 is 2.59 bits per heavy atom. The number of amides is 1. The van der Waals surface area contributed by atoms with Crippen LogP contribution < -0.4 is 0 Å². The summed E-state index contributed by atoms with van der Waals surface area (Å²) in [6.07, 6.45) is 6.30. The Hall–Kier alpha value is -0.810. The van der Waals surface area contributed by atoms with Crippen LogP contribution in [0.5, 0.6) is 0 Å². The summed E-state index contributed by atoms with van der Waals surface area (Å²) in [6.45, 7) is 8.68. The molecule has 22 heavy (non-hydrogen) atoms. The minimum absolute atomic E-state index is 0.0350. The molecule has 2 rings (SSSR count). The Morgan fingerprint density at radius 1 is 1.18 bits per heavy atom. The summed E-state index contributed by atoms with van der Waals surface area (Å²) in [7, 11) is 0. The van der Waals surface area contributed by atoms with E-state index >= 15 is 0 Å². The SMILES string of the molecule is CC(C)(C)OC(=O)N1CCOC[C@@H]1COCC1CCCCC1. The molecule has 1 heterocycles. The molecule has 0 N–H and O–H groups in total. The molecule has 1 saturated heterocycles. The summed E-state index contributed by atoms with van der Waals surface area (Å²) >= 11 is 0. The first-order chi connectivity index (χ1) is 10.5. The van der Waals surface area contributed by atoms with E-state index in [9.17, 15) is 4.79 Å². The molecule has 2 aliphatic rings. The van der Waals surface area contributed by atoms with E-state index in [-0.39, 0.29) is 12.1 Å². The maximum atomic E-state index is 12.3. The number of ether oxygens (including phenoxy) is 3. The van der Waals surface area contributed by atoms with Gasteiger partial charge in [-0.1, -0.05) is 19.3 Å². The first kappa shape index (κ1) is 17.5. The molecular weight excluding hydrogens is 282 g/mol. The van der Waals surface area contributed by atoms with Gasteiger partial charge in [0, 0.05) is 13.2 Å². The van der Waals surface area contributed by atoms with Gasteiger partial charge in [0.15, 0.2) is 0 Å². The van der Waals surface area contributed by atoms with Crippen LogP contribution in [0.15, 0.2) is 0 Å². The molecule has 5 nitrogen and oxygen atoms in total. The second kappa shape index (κ2) is 8.16. The topological polar surface area (TPSA) is 48.0 Å². The van der Waals surface area contributed by atoms with Crippen molar-refractivity contribution in [3.05, 3.63) is 0 Å². The minimum Gasteiger partial charge on any atom is -0.444 e. The molecule has 1 atom stereocenters. The molecule has 2 fully saturated rings. The van der Waals surface area contributed by atoms with Crippen molar-refractivity contribution in [1.29, 1.82) is 0 Å². The highest BCUT2D eigenvalue weighted by molar-refractivity contribution is 5.68. The molecule has 1 aliphatic carbocycles. The molecule has 0 aromatic carbocycles. The molecule has 1 saturated carbocycles. The zero-order valence-electron chi connectivity index (χ0n) is 14.3. The average molecular weight is 313 g/mol. The lowest BCUT2D eigenvalue weighted by Crippen LogP contribution is -2.52. The third kappa shape index (κ3) is 5.76. The monoisotopic (exact) mass is 313 g/mol. The molecule has 0 aromatic rings. The summed E-state index contributed by atoms with van der Waals surface area (Å²) in [5, 5.41) is 0. The third-order valence-corrected chi connectivity index (χ3v) is 4.24. The Bertz CT molecular complexity index is 347. The summed E-state index contributed by atoms with van der Waals surface area (Å²) in [4.78, 5) is 14.0. The Labute approximate surface area is 134 Å². The average Bonchev–Trinajstić information content (AvgIpc) is 2.47. The van der Waals surface area contributed by atoms with Gasteiger partial charge in [0.2, 0.25) is 0 Å². The highest BCUT2D eigenvalue weighted by Gasteiger charge is 2.31. The summed E-state index contributed by atoms with van der Waals surface area (Å²) < 4.78 is 16.9. The quantitative estimate of drug-likeness (QED) is 0.799. The number of hydrogen-bond donors (Lipinski definition) is 0. The van der Waals surface area contributed by atoms with Crippen LogP contribution in [-0.4, -0.2) is 55.6 Å². The van der Waals surface area contributed by atoms with Gasteiger partial charge in [0.25, 0.3) is 0 Å². The standard InChI is InChI=1S/C17H31NO4/c1-17(2,3)22-16(19)18-9-10-20-12-15(18)13-21-11-14-7-5-4-6-8-14/h14-15H,4-13H2,1-3H3/t15-/m1/s1. The van der Waals surface area contributed by atoms with Crippen molar-refractivity contribution in [3.8, 4) is 0 Å². The van der Waals surface area contributed by atoms with E-state index in [0.717, 1.165) is 6.61 Å². The Morgan fingerprint density at radius 2 is 1.91 bits per heavy atom. The van der Waals surface area contributed by atoms with Gasteiger partial charge < -0.3 is 14.2 Å². The normalized spacial score (nSPS) is 24.3. The van der Waals surface area contributed by atoms with Gasteiger partial charge in [-0.2, -0.15) is 0 Å². The molecule has 0 radical (unpaired) electrons. The van der Waals surface area contributed by atoms with Gasteiger partial charge in [-0.25, -0.2) is 4.79 Å². The molecular formula is C17H31NO4. The lowest BCUT2D eigenvalue weighted by molar-refractivity contribution is -0.0583. The third-order valence-electron chi connectivity index (χ3n) is 4.24. The van der Waals surface area contributed by atoms with Gasteiger partial charge in [0.05, 0.1) is 25.9 Å². The molecule has 0 unspecified atom stereocenters. The molecule has 0 aromatic heterocycles. The van der Waals surface area contributed by atoms with Gasteiger partial charge in [-0.15, -0.1) is 0 Å². The summed E-state index contributed by atoms with van der Waals surface area (Å²) in [6, 6.07) is -0.0350. The van der Waals surface area contributed by atoms with Crippen molar-refractivity contribution in [2.24, 2.45) is 5.92 Å². The van der Waals surface area contributed by atoms with E-state index in [2.05, 4.69) is 0 Å². The summed E-state index contributed by atoms with van der Waals surface area (Å²) in [5.74, 6) is 0.688. The Kier molecular flexibility index (Phi) is 6.50. The van der Waals surface area contributed by atoms with Crippen molar-refractivity contribution in [3.63, 3.8) is 0 Å². The van der Waals surface area contributed by atoms with Crippen molar-refractivity contribution in [2.45, 2.75) is 64.5 Å². The predicted molar refractivity (Wildman–Crippen MR) is 84.9 cm³/mol. The molecule has 0 bridgehead atoms. The van der Waals surface area contributed by atoms with Crippen LogP contribution in [0, 0.1) is 5.92 Å². The molecule has 0 spiro atoms. The van der Waals surface area contributed by atoms with Crippen molar-refractivity contribution in [2.75, 3.05) is 33.0 Å². The van der Waals surface area contributed by atoms with Crippen LogP contribution >= 0.6 is 0 Å². The maximum absolute atomic E-state index is 12.3. The number of carbonyl (C=O) groups is 1. The van der Waals surface area contributed by atoms with E-state index < -0.39 is 5.60 Å². The van der Waals surface area contributed by atoms with Crippen LogP contribution in [-0.2, 0) is 14.2 Å². The fraction of sp³-hybridized carbons (Fsp3) is 0.941. The van der Waals surface area contributed by atoms with Crippen molar-refractivity contribution < 1.29 is 19.0 Å². The van der Waals surface area contributed by atoms with Crippen LogP contribution in [0.25, 0.3) is 0 Å². The van der Waals surface area contributed by atoms with Gasteiger partial charge in [0.1, 0.15) is 5.60 Å². The lowest BCUT2D eigenvalue weighted by atomic mass is 9.90. The zero-order chi connectivity index (χ0) is 16.0. The zero-order valence-corrected chi connectivity index (χ0v) is 14.3. The van der Waals surface area contributed by atoms with Crippen LogP contribution in [0.1, 0.15) is 52.9 Å². The number of morpholine rings is 1. The number of nitrogens with zero attached hydrogens (tertiary/aromatic N) is 1.